The van der Waals surface area contributed by atoms with E-state index in [2.05, 4.69) is 30.5 Å². The largest absolute Gasteiger partial charge is 0.469 e. The number of phosphoric ester groups is 1. The second kappa shape index (κ2) is 36.6. The van der Waals surface area contributed by atoms with Crippen LogP contribution in [0.1, 0.15) is 213 Å². The van der Waals surface area contributed by atoms with Crippen molar-refractivity contribution < 1.29 is 37.9 Å². The summed E-state index contributed by atoms with van der Waals surface area (Å²) >= 11 is 0. The molecule has 8 nitrogen and oxygen atoms in total. The lowest BCUT2D eigenvalue weighted by molar-refractivity contribution is -0.161. The van der Waals surface area contributed by atoms with E-state index in [-0.39, 0.29) is 19.4 Å². The Kier molecular flexibility index (Phi) is 35.7. The number of esters is 2. The Hall–Kier alpha value is -1.21. The maximum absolute atomic E-state index is 12.4. The molecule has 0 heterocycles. The zero-order valence-electron chi connectivity index (χ0n) is 31.9. The van der Waals surface area contributed by atoms with E-state index in [0.29, 0.717) is 6.42 Å². The number of phosphoric acid groups is 1. The Bertz CT molecular complexity index is 812. The van der Waals surface area contributed by atoms with E-state index in [9.17, 15) is 14.2 Å². The number of rotatable bonds is 38. The quantitative estimate of drug-likeness (QED) is 0.0280. The van der Waals surface area contributed by atoms with Gasteiger partial charge in [0.25, 0.3) is 0 Å². The van der Waals surface area contributed by atoms with Crippen LogP contribution in [0.4, 0.5) is 0 Å². The van der Waals surface area contributed by atoms with E-state index >= 15 is 0 Å². The van der Waals surface area contributed by atoms with Gasteiger partial charge in [-0.05, 0) is 38.5 Å². The lowest BCUT2D eigenvalue weighted by Crippen LogP contribution is -2.29. The average Bonchev–Trinajstić information content (AvgIpc) is 3.07. The fraction of sp³-hybridized carbons (Fsp3) is 0.900. The maximum atomic E-state index is 12.4. The van der Waals surface area contributed by atoms with Crippen LogP contribution in [0.3, 0.4) is 0 Å². The molecule has 49 heavy (non-hydrogen) atoms. The van der Waals surface area contributed by atoms with Crippen molar-refractivity contribution in [2.24, 2.45) is 0 Å². The molecule has 1 atom stereocenters. The van der Waals surface area contributed by atoms with E-state index in [4.69, 9.17) is 19.3 Å². The number of carbonyl (C=O) groups excluding carboxylic acids is 2. The second-order valence-electron chi connectivity index (χ2n) is 14.0. The highest BCUT2D eigenvalue weighted by Gasteiger charge is 2.22. The van der Waals surface area contributed by atoms with Crippen LogP contribution in [0.15, 0.2) is 12.2 Å². The average molecular weight is 717 g/mol. The van der Waals surface area contributed by atoms with Crippen molar-refractivity contribution in [1.29, 1.82) is 0 Å². The smallest absolute Gasteiger partial charge is 0.462 e. The summed E-state index contributed by atoms with van der Waals surface area (Å²) in [7, 11) is -4.75. The number of hydrogen-bond donors (Lipinski definition) is 2. The van der Waals surface area contributed by atoms with Gasteiger partial charge in [-0.3, -0.25) is 14.1 Å². The molecule has 0 radical (unpaired) electrons. The van der Waals surface area contributed by atoms with Crippen molar-refractivity contribution in [1.82, 2.24) is 0 Å². The Morgan fingerprint density at radius 3 is 1.24 bits per heavy atom. The molecule has 0 aromatic heterocycles. The van der Waals surface area contributed by atoms with Crippen molar-refractivity contribution >= 4 is 19.8 Å². The molecule has 0 amide bonds. The van der Waals surface area contributed by atoms with Gasteiger partial charge in [0, 0.05) is 12.8 Å². The van der Waals surface area contributed by atoms with Crippen LogP contribution in [0.5, 0.6) is 0 Å². The number of carbonyl (C=O) groups is 2. The topological polar surface area (TPSA) is 119 Å². The van der Waals surface area contributed by atoms with Crippen LogP contribution in [-0.2, 0) is 28.2 Å². The molecule has 0 aliphatic carbocycles. The van der Waals surface area contributed by atoms with Gasteiger partial charge in [0.2, 0.25) is 0 Å². The number of allylic oxidation sites excluding steroid dienone is 2. The van der Waals surface area contributed by atoms with E-state index < -0.39 is 32.5 Å². The Morgan fingerprint density at radius 1 is 0.510 bits per heavy atom. The lowest BCUT2D eigenvalue weighted by atomic mass is 10.0. The van der Waals surface area contributed by atoms with Crippen molar-refractivity contribution in [3.63, 3.8) is 0 Å². The summed E-state index contributed by atoms with van der Waals surface area (Å²) in [5, 5.41) is 0. The molecule has 0 rings (SSSR count). The van der Waals surface area contributed by atoms with Crippen LogP contribution in [0, 0.1) is 0 Å². The summed E-state index contributed by atoms with van der Waals surface area (Å²) in [6.45, 7) is 3.69. The molecule has 0 aliphatic heterocycles. The lowest BCUT2D eigenvalue weighted by Gasteiger charge is -2.18. The predicted molar refractivity (Wildman–Crippen MR) is 202 cm³/mol. The molecular formula is C40H77O8P. The fourth-order valence-electron chi connectivity index (χ4n) is 5.96. The standard InChI is InChI=1S/C40H77O8P/c1-3-5-7-9-11-13-15-17-19-20-21-23-25-27-29-31-33-35-40(42)48-38(37-47-49(43,44)45)36-46-39(41)34-32-30-28-26-24-22-18-16-14-12-10-8-6-4-2/h16,18,38H,3-15,17,19-37H2,1-2H3,(H2,43,44,45)/b18-16+/t38-/m1/s1. The number of ether oxygens (including phenoxy) is 2. The molecule has 9 heteroatoms. The molecular weight excluding hydrogens is 639 g/mol. The molecule has 290 valence electrons. The minimum Gasteiger partial charge on any atom is -0.462 e. The predicted octanol–water partition coefficient (Wildman–Crippen LogP) is 12.2. The van der Waals surface area contributed by atoms with Crippen molar-refractivity contribution in [2.45, 2.75) is 219 Å². The van der Waals surface area contributed by atoms with E-state index in [1.165, 1.54) is 122 Å². The monoisotopic (exact) mass is 717 g/mol. The molecule has 0 saturated carbocycles. The summed E-state index contributed by atoms with van der Waals surface area (Å²) in [6, 6.07) is 0. The molecule has 0 fully saturated rings. The van der Waals surface area contributed by atoms with Gasteiger partial charge in [0.15, 0.2) is 6.10 Å². The van der Waals surface area contributed by atoms with Gasteiger partial charge in [-0.15, -0.1) is 0 Å². The molecule has 0 aliphatic rings. The summed E-state index contributed by atoms with van der Waals surface area (Å²) in [5.41, 5.74) is 0. The maximum Gasteiger partial charge on any atom is 0.469 e. The van der Waals surface area contributed by atoms with Crippen LogP contribution in [-0.4, -0.2) is 41.0 Å². The van der Waals surface area contributed by atoms with Gasteiger partial charge in [0.1, 0.15) is 6.61 Å². The molecule has 2 N–H and O–H groups in total. The molecule has 0 bridgehead atoms. The highest BCUT2D eigenvalue weighted by molar-refractivity contribution is 7.46. The van der Waals surface area contributed by atoms with E-state index in [0.717, 1.165) is 57.8 Å². The van der Waals surface area contributed by atoms with Crippen LogP contribution in [0.2, 0.25) is 0 Å². The molecule has 0 aromatic rings. The van der Waals surface area contributed by atoms with E-state index in [1.807, 2.05) is 0 Å². The third kappa shape index (κ3) is 39.4. The molecule has 0 saturated heterocycles. The van der Waals surface area contributed by atoms with Gasteiger partial charge in [-0.2, -0.15) is 0 Å². The zero-order valence-corrected chi connectivity index (χ0v) is 32.8. The Labute approximate surface area is 301 Å². The second-order valence-corrected chi connectivity index (χ2v) is 15.2. The van der Waals surface area contributed by atoms with Gasteiger partial charge < -0.3 is 19.3 Å². The Morgan fingerprint density at radius 2 is 0.857 bits per heavy atom. The SMILES string of the molecule is CCCCCCC/C=C/CCCCCCCC(=O)OC[C@H](COP(=O)(O)O)OC(=O)CCCCCCCCCCCCCCCCCCC. The van der Waals surface area contributed by atoms with Crippen molar-refractivity contribution in [2.75, 3.05) is 13.2 Å². The summed E-state index contributed by atoms with van der Waals surface area (Å²) in [5.74, 6) is -0.884. The molecule has 0 aromatic carbocycles. The van der Waals surface area contributed by atoms with Crippen LogP contribution < -0.4 is 0 Å². The summed E-state index contributed by atoms with van der Waals surface area (Å²) < 4.78 is 26.4. The molecule has 0 unspecified atom stereocenters. The van der Waals surface area contributed by atoms with E-state index in [1.54, 1.807) is 0 Å². The minimum atomic E-state index is -4.75. The third-order valence-electron chi connectivity index (χ3n) is 9.03. The van der Waals surface area contributed by atoms with Gasteiger partial charge in [-0.1, -0.05) is 174 Å². The first kappa shape index (κ1) is 47.8. The highest BCUT2D eigenvalue weighted by atomic mass is 31.2. The van der Waals surface area contributed by atoms with Gasteiger partial charge >= 0.3 is 19.8 Å². The highest BCUT2D eigenvalue weighted by Crippen LogP contribution is 2.36. The summed E-state index contributed by atoms with van der Waals surface area (Å²) in [6.07, 6.45) is 39.3. The van der Waals surface area contributed by atoms with Gasteiger partial charge in [0.05, 0.1) is 6.61 Å². The first-order valence-electron chi connectivity index (χ1n) is 20.5. The van der Waals surface area contributed by atoms with Crippen LogP contribution in [0.25, 0.3) is 0 Å². The fourth-order valence-corrected chi connectivity index (χ4v) is 6.32. The summed E-state index contributed by atoms with van der Waals surface area (Å²) in [4.78, 5) is 42.8. The first-order chi connectivity index (χ1) is 23.8. The first-order valence-corrected chi connectivity index (χ1v) is 22.0. The number of unbranched alkanes of at least 4 members (excludes halogenated alkanes) is 26. The third-order valence-corrected chi connectivity index (χ3v) is 9.52. The Balaban J connectivity index is 3.90. The van der Waals surface area contributed by atoms with Crippen molar-refractivity contribution in [3.05, 3.63) is 12.2 Å². The normalized spacial score (nSPS) is 12.5. The van der Waals surface area contributed by atoms with Gasteiger partial charge in [-0.25, -0.2) is 4.57 Å². The van der Waals surface area contributed by atoms with Crippen molar-refractivity contribution in [3.8, 4) is 0 Å². The number of hydrogen-bond acceptors (Lipinski definition) is 6. The zero-order chi connectivity index (χ0) is 36.1. The van der Waals surface area contributed by atoms with Crippen LogP contribution >= 0.6 is 7.82 Å². The molecule has 0 spiro atoms. The minimum absolute atomic E-state index is 0.216.